The van der Waals surface area contributed by atoms with Gasteiger partial charge in [0.15, 0.2) is 0 Å². The van der Waals surface area contributed by atoms with Crippen molar-refractivity contribution in [2.45, 2.75) is 12.8 Å². The molecule has 1 aliphatic heterocycles. The Kier molecular flexibility index (Phi) is 17.0. The summed E-state index contributed by atoms with van der Waals surface area (Å²) in [6, 6.07) is 16.1. The lowest BCUT2D eigenvalue weighted by molar-refractivity contribution is 0.0511. The predicted molar refractivity (Wildman–Crippen MR) is 188 cm³/mol. The zero-order chi connectivity index (χ0) is 35.1. The number of azide groups is 1. The van der Waals surface area contributed by atoms with Gasteiger partial charge in [-0.1, -0.05) is 23.3 Å². The minimum atomic E-state index is -0.213. The fourth-order valence-corrected chi connectivity index (χ4v) is 4.69. The summed E-state index contributed by atoms with van der Waals surface area (Å²) in [5.74, 6) is 1.06. The maximum Gasteiger partial charge on any atom is 0.251 e. The van der Waals surface area contributed by atoms with Crippen molar-refractivity contribution in [2.24, 2.45) is 5.11 Å². The molecule has 17 nitrogen and oxygen atoms in total. The molecule has 17 heteroatoms. The van der Waals surface area contributed by atoms with Crippen LogP contribution in [0.3, 0.4) is 0 Å². The number of hydrogen-bond acceptors (Lipinski definition) is 13. The monoisotopic (exact) mass is 691 g/mol. The Balaban J connectivity index is 1.14. The molecular formula is C33H45N11O6. The van der Waals surface area contributed by atoms with Crippen LogP contribution in [-0.2, 0) is 18.9 Å². The molecule has 0 saturated carbocycles. The quantitative estimate of drug-likeness (QED) is 0.0462. The van der Waals surface area contributed by atoms with E-state index in [4.69, 9.17) is 24.5 Å². The highest BCUT2D eigenvalue weighted by Crippen LogP contribution is 2.21. The van der Waals surface area contributed by atoms with Crippen molar-refractivity contribution in [1.82, 2.24) is 25.6 Å². The first-order valence-electron chi connectivity index (χ1n) is 16.7. The van der Waals surface area contributed by atoms with Gasteiger partial charge in [-0.05, 0) is 54.8 Å². The second kappa shape index (κ2) is 22.6. The molecule has 1 aromatic heterocycles. The van der Waals surface area contributed by atoms with Crippen molar-refractivity contribution in [3.8, 4) is 0 Å². The highest BCUT2D eigenvalue weighted by atomic mass is 16.5. The van der Waals surface area contributed by atoms with Gasteiger partial charge in [-0.2, -0.15) is 15.0 Å². The summed E-state index contributed by atoms with van der Waals surface area (Å²) in [5, 5.41) is 15.5. The Labute approximate surface area is 291 Å². The summed E-state index contributed by atoms with van der Waals surface area (Å²) in [5.41, 5.74) is 10.1. The Hall–Kier alpha value is -5.06. The summed E-state index contributed by atoms with van der Waals surface area (Å²) in [4.78, 5) is 43.2. The van der Waals surface area contributed by atoms with E-state index < -0.39 is 0 Å². The van der Waals surface area contributed by atoms with Gasteiger partial charge in [0.1, 0.15) is 0 Å². The fourth-order valence-electron chi connectivity index (χ4n) is 4.69. The minimum Gasteiger partial charge on any atom is -0.379 e. The lowest BCUT2D eigenvalue weighted by atomic mass is 10.2. The van der Waals surface area contributed by atoms with Crippen LogP contribution >= 0.6 is 0 Å². The SMILES string of the molecule is [N-]=[N+]=NCCOCCOCCNC(=O)c1ccc(Nc2nc(NCCOCCOCCNC(=O)c3ccccc3)nc(N3CCCC3)n2)cc1. The number of carbonyl (C=O) groups excluding carboxylic acids is 2. The van der Waals surface area contributed by atoms with Gasteiger partial charge < -0.3 is 45.1 Å². The summed E-state index contributed by atoms with van der Waals surface area (Å²) in [6.07, 6.45) is 2.16. The molecule has 0 radical (unpaired) electrons. The number of hydrogen-bond donors (Lipinski definition) is 4. The molecule has 0 unspecified atom stereocenters. The number of rotatable bonds is 24. The van der Waals surface area contributed by atoms with E-state index in [-0.39, 0.29) is 18.4 Å². The summed E-state index contributed by atoms with van der Waals surface area (Å²) < 4.78 is 21.9. The average molecular weight is 692 g/mol. The second-order valence-electron chi connectivity index (χ2n) is 10.9. The molecule has 1 saturated heterocycles. The standard InChI is InChI=1S/C33H45N11O6/c34-43-38-15-21-50-25-24-48-19-13-36-30(46)27-8-10-28(11-9-27)39-32-40-31(41-33(42-32)44-16-4-5-17-44)37-14-20-49-23-22-47-18-12-35-29(45)26-6-2-1-3-7-26/h1-3,6-11H,4-5,12-25H2,(H,35,45)(H,36,46)(H2,37,39,40,41,42). The van der Waals surface area contributed by atoms with Crippen molar-refractivity contribution in [1.29, 1.82) is 0 Å². The van der Waals surface area contributed by atoms with E-state index in [1.165, 1.54) is 0 Å². The van der Waals surface area contributed by atoms with Crippen LogP contribution in [0.5, 0.6) is 0 Å². The summed E-state index contributed by atoms with van der Waals surface area (Å²) >= 11 is 0. The van der Waals surface area contributed by atoms with Gasteiger partial charge in [0.05, 0.1) is 52.9 Å². The number of carbonyl (C=O) groups is 2. The number of nitrogens with zero attached hydrogens (tertiary/aromatic N) is 7. The van der Waals surface area contributed by atoms with Gasteiger partial charge in [-0.25, -0.2) is 0 Å². The number of amides is 2. The molecule has 0 atom stereocenters. The lowest BCUT2D eigenvalue weighted by Crippen LogP contribution is -2.27. The smallest absolute Gasteiger partial charge is 0.251 e. The zero-order valence-electron chi connectivity index (χ0n) is 28.1. The van der Waals surface area contributed by atoms with E-state index in [0.717, 1.165) is 31.6 Å². The highest BCUT2D eigenvalue weighted by Gasteiger charge is 2.18. The Bertz CT molecular complexity index is 1490. The van der Waals surface area contributed by atoms with Crippen LogP contribution < -0.4 is 26.2 Å². The molecule has 4 N–H and O–H groups in total. The molecule has 0 spiro atoms. The van der Waals surface area contributed by atoms with E-state index >= 15 is 0 Å². The second-order valence-corrected chi connectivity index (χ2v) is 10.9. The molecule has 1 fully saturated rings. The molecule has 2 aromatic carbocycles. The number of nitrogens with one attached hydrogen (secondary N) is 4. The largest absolute Gasteiger partial charge is 0.379 e. The van der Waals surface area contributed by atoms with Crippen LogP contribution in [-0.4, -0.2) is 119 Å². The van der Waals surface area contributed by atoms with Crippen LogP contribution in [0.15, 0.2) is 59.7 Å². The first-order valence-corrected chi connectivity index (χ1v) is 16.7. The molecule has 2 amide bonds. The lowest BCUT2D eigenvalue weighted by Gasteiger charge is -2.17. The normalized spacial score (nSPS) is 12.3. The zero-order valence-corrected chi connectivity index (χ0v) is 28.1. The molecule has 0 bridgehead atoms. The first kappa shape index (κ1) is 37.8. The van der Waals surface area contributed by atoms with Crippen LogP contribution in [0.2, 0.25) is 0 Å². The molecule has 50 heavy (non-hydrogen) atoms. The third-order valence-electron chi connectivity index (χ3n) is 7.19. The van der Waals surface area contributed by atoms with Crippen molar-refractivity contribution < 1.29 is 28.5 Å². The first-order chi connectivity index (χ1) is 24.6. The van der Waals surface area contributed by atoms with Gasteiger partial charge in [0.25, 0.3) is 11.8 Å². The number of benzene rings is 2. The number of anilines is 4. The third-order valence-corrected chi connectivity index (χ3v) is 7.19. The van der Waals surface area contributed by atoms with Crippen molar-refractivity contribution in [2.75, 3.05) is 108 Å². The third kappa shape index (κ3) is 14.2. The van der Waals surface area contributed by atoms with Gasteiger partial charge in [-0.15, -0.1) is 0 Å². The van der Waals surface area contributed by atoms with Gasteiger partial charge in [0.2, 0.25) is 17.8 Å². The summed E-state index contributed by atoms with van der Waals surface area (Å²) in [7, 11) is 0. The fraction of sp³-hybridized carbons (Fsp3) is 0.485. The van der Waals surface area contributed by atoms with Crippen LogP contribution in [0.1, 0.15) is 33.6 Å². The van der Waals surface area contributed by atoms with E-state index in [9.17, 15) is 9.59 Å². The summed E-state index contributed by atoms with van der Waals surface area (Å²) in [6.45, 7) is 6.39. The van der Waals surface area contributed by atoms with E-state index in [0.29, 0.717) is 101 Å². The maximum atomic E-state index is 12.5. The Morgan fingerprint density at radius 2 is 1.26 bits per heavy atom. The highest BCUT2D eigenvalue weighted by molar-refractivity contribution is 5.94. The van der Waals surface area contributed by atoms with Gasteiger partial charge >= 0.3 is 0 Å². The molecule has 268 valence electrons. The van der Waals surface area contributed by atoms with Crippen LogP contribution in [0.4, 0.5) is 23.5 Å². The number of ether oxygens (including phenoxy) is 4. The van der Waals surface area contributed by atoms with Gasteiger partial charge in [0, 0.05) is 61.0 Å². The van der Waals surface area contributed by atoms with E-state index in [1.54, 1.807) is 36.4 Å². The molecule has 1 aliphatic rings. The molecule has 2 heterocycles. The minimum absolute atomic E-state index is 0.126. The van der Waals surface area contributed by atoms with Crippen molar-refractivity contribution in [3.05, 3.63) is 76.2 Å². The molecular weight excluding hydrogens is 646 g/mol. The van der Waals surface area contributed by atoms with Crippen molar-refractivity contribution in [3.63, 3.8) is 0 Å². The molecule has 0 aliphatic carbocycles. The average Bonchev–Trinajstić information content (AvgIpc) is 3.69. The van der Waals surface area contributed by atoms with Crippen LogP contribution in [0, 0.1) is 0 Å². The molecule has 4 rings (SSSR count). The Morgan fingerprint density at radius 1 is 0.700 bits per heavy atom. The van der Waals surface area contributed by atoms with Crippen molar-refractivity contribution >= 4 is 35.3 Å². The van der Waals surface area contributed by atoms with Gasteiger partial charge in [-0.3, -0.25) is 9.59 Å². The van der Waals surface area contributed by atoms with E-state index in [1.807, 2.05) is 18.2 Å². The van der Waals surface area contributed by atoms with E-state index in [2.05, 4.69) is 51.1 Å². The Morgan fingerprint density at radius 3 is 1.88 bits per heavy atom. The predicted octanol–water partition coefficient (Wildman–Crippen LogP) is 3.16. The topological polar surface area (TPSA) is 210 Å². The maximum absolute atomic E-state index is 12.5. The molecule has 3 aromatic rings. The number of aromatic nitrogens is 3. The van der Waals surface area contributed by atoms with Crippen LogP contribution in [0.25, 0.3) is 10.4 Å².